The quantitative estimate of drug-likeness (QED) is 0.835. The molecule has 0 radical (unpaired) electrons. The first-order valence-corrected chi connectivity index (χ1v) is 7.83. The van der Waals surface area contributed by atoms with Crippen molar-refractivity contribution in [2.75, 3.05) is 13.1 Å². The van der Waals surface area contributed by atoms with Gasteiger partial charge in [-0.15, -0.1) is 0 Å². The predicted molar refractivity (Wildman–Crippen MR) is 89.0 cm³/mol. The predicted octanol–water partition coefficient (Wildman–Crippen LogP) is 2.97. The molecule has 130 valence electrons. The highest BCUT2D eigenvalue weighted by Gasteiger charge is 2.29. The van der Waals surface area contributed by atoms with E-state index in [1.807, 2.05) is 13.8 Å². The Hall–Kier alpha value is -1.99. The molecule has 1 heterocycles. The third-order valence-corrected chi connectivity index (χ3v) is 3.69. The number of nitrogens with zero attached hydrogens (tertiary/aromatic N) is 2. The smallest absolute Gasteiger partial charge is 0.277 e. The van der Waals surface area contributed by atoms with Crippen LogP contribution in [0.2, 0.25) is 5.02 Å². The Morgan fingerprint density at radius 2 is 2.17 bits per heavy atom. The number of amides is 1. The van der Waals surface area contributed by atoms with Crippen molar-refractivity contribution in [1.82, 2.24) is 15.1 Å². The summed E-state index contributed by atoms with van der Waals surface area (Å²) >= 11 is 6.00. The zero-order chi connectivity index (χ0) is 17.9. The van der Waals surface area contributed by atoms with E-state index in [2.05, 4.69) is 10.4 Å². The van der Waals surface area contributed by atoms with E-state index in [1.165, 1.54) is 6.20 Å². The maximum absolute atomic E-state index is 13.2. The second-order valence-corrected chi connectivity index (χ2v) is 6.17. The largest absolute Gasteiger partial charge is 0.346 e. The number of carbonyl (C=O) groups is 1. The second-order valence-electron chi connectivity index (χ2n) is 5.73. The van der Waals surface area contributed by atoms with Gasteiger partial charge in [0.2, 0.25) is 0 Å². The van der Waals surface area contributed by atoms with Crippen LogP contribution in [0.1, 0.15) is 35.8 Å². The molecule has 1 amide bonds. The lowest BCUT2D eigenvalue weighted by Gasteiger charge is -2.16. The Labute approximate surface area is 143 Å². The van der Waals surface area contributed by atoms with Crippen LogP contribution in [-0.2, 0) is 0 Å². The molecule has 0 aliphatic rings. The van der Waals surface area contributed by atoms with Crippen molar-refractivity contribution >= 4 is 17.5 Å². The molecule has 0 aliphatic heterocycles. The maximum Gasteiger partial charge on any atom is 0.277 e. The first kappa shape index (κ1) is 18.4. The fraction of sp³-hybridized carbons (Fsp3) is 0.375. The van der Waals surface area contributed by atoms with Crippen LogP contribution >= 0.6 is 11.6 Å². The molecule has 1 aromatic carbocycles. The van der Waals surface area contributed by atoms with Crippen LogP contribution in [0.5, 0.6) is 0 Å². The van der Waals surface area contributed by atoms with Crippen molar-refractivity contribution in [2.45, 2.75) is 25.7 Å². The van der Waals surface area contributed by atoms with Gasteiger partial charge in [-0.25, -0.2) is 13.5 Å². The summed E-state index contributed by atoms with van der Waals surface area (Å²) in [6, 6.07) is 7.01. The van der Waals surface area contributed by atoms with Gasteiger partial charge in [0.05, 0.1) is 36.2 Å². The molecule has 2 aromatic rings. The van der Waals surface area contributed by atoms with Gasteiger partial charge in [-0.3, -0.25) is 4.79 Å². The summed E-state index contributed by atoms with van der Waals surface area (Å²) in [4.78, 5) is 12.3. The molecule has 2 rings (SSSR count). The number of nitrogens with one attached hydrogen (secondary N) is 1. The van der Waals surface area contributed by atoms with Crippen molar-refractivity contribution in [3.8, 4) is 5.69 Å². The summed E-state index contributed by atoms with van der Waals surface area (Å²) in [6.07, 6.45) is 1.37. The molecule has 5 nitrogen and oxygen atoms in total. The van der Waals surface area contributed by atoms with Crippen molar-refractivity contribution in [3.63, 3.8) is 0 Å². The highest BCUT2D eigenvalue weighted by Crippen LogP contribution is 2.24. The standard InChI is InChI=1S/C16H19ClF2N4O/c1-10(2)14-13(15(24)21-9-16(18,19)8-20)7-22-23(14)12-5-3-4-11(17)6-12/h3-7,10H,8-9,20H2,1-2H3,(H,21,24). The maximum atomic E-state index is 13.2. The molecule has 8 heteroatoms. The number of hydrogen-bond acceptors (Lipinski definition) is 3. The Morgan fingerprint density at radius 3 is 2.75 bits per heavy atom. The van der Waals surface area contributed by atoms with Crippen molar-refractivity contribution < 1.29 is 13.6 Å². The van der Waals surface area contributed by atoms with Crippen LogP contribution in [0.4, 0.5) is 8.78 Å². The van der Waals surface area contributed by atoms with Crippen LogP contribution in [-0.4, -0.2) is 34.7 Å². The summed E-state index contributed by atoms with van der Waals surface area (Å²) in [5.74, 6) is -3.81. The highest BCUT2D eigenvalue weighted by atomic mass is 35.5. The number of aromatic nitrogens is 2. The van der Waals surface area contributed by atoms with Crippen LogP contribution in [0.25, 0.3) is 5.69 Å². The molecule has 0 saturated heterocycles. The van der Waals surface area contributed by atoms with Crippen molar-refractivity contribution in [3.05, 3.63) is 46.7 Å². The molecule has 24 heavy (non-hydrogen) atoms. The Bertz CT molecular complexity index is 731. The third kappa shape index (κ3) is 4.10. The SMILES string of the molecule is CC(C)c1c(C(=O)NCC(F)(F)CN)cnn1-c1cccc(Cl)c1. The normalized spacial score (nSPS) is 11.8. The van der Waals surface area contributed by atoms with Gasteiger partial charge in [-0.1, -0.05) is 31.5 Å². The van der Waals surface area contributed by atoms with E-state index >= 15 is 0 Å². The van der Waals surface area contributed by atoms with Gasteiger partial charge >= 0.3 is 0 Å². The topological polar surface area (TPSA) is 72.9 Å². The third-order valence-electron chi connectivity index (χ3n) is 3.46. The molecular weight excluding hydrogens is 338 g/mol. The fourth-order valence-electron chi connectivity index (χ4n) is 2.28. The molecule has 1 aromatic heterocycles. The van der Waals surface area contributed by atoms with Crippen LogP contribution < -0.4 is 11.1 Å². The average Bonchev–Trinajstić information content (AvgIpc) is 2.98. The number of hydrogen-bond donors (Lipinski definition) is 2. The fourth-order valence-corrected chi connectivity index (χ4v) is 2.46. The van der Waals surface area contributed by atoms with Gasteiger partial charge in [-0.05, 0) is 24.1 Å². The number of halogens is 3. The molecule has 0 bridgehead atoms. The van der Waals surface area contributed by atoms with Crippen LogP contribution in [0.15, 0.2) is 30.5 Å². The Balaban J connectivity index is 2.33. The van der Waals surface area contributed by atoms with E-state index < -0.39 is 24.9 Å². The van der Waals surface area contributed by atoms with Gasteiger partial charge in [0.25, 0.3) is 11.8 Å². The summed E-state index contributed by atoms with van der Waals surface area (Å²) in [5, 5.41) is 6.97. The van der Waals surface area contributed by atoms with Gasteiger partial charge < -0.3 is 11.1 Å². The summed E-state index contributed by atoms with van der Waals surface area (Å²) in [7, 11) is 0. The first-order chi connectivity index (χ1) is 11.2. The number of alkyl halides is 2. The molecule has 0 unspecified atom stereocenters. The van der Waals surface area contributed by atoms with E-state index in [1.54, 1.807) is 28.9 Å². The van der Waals surface area contributed by atoms with Gasteiger partial charge in [-0.2, -0.15) is 5.10 Å². The monoisotopic (exact) mass is 356 g/mol. The molecular formula is C16H19ClF2N4O. The second kappa shape index (κ2) is 7.27. The summed E-state index contributed by atoms with van der Waals surface area (Å²) < 4.78 is 28.0. The molecule has 0 fully saturated rings. The Morgan fingerprint density at radius 1 is 1.46 bits per heavy atom. The van der Waals surface area contributed by atoms with E-state index in [-0.39, 0.29) is 11.5 Å². The molecule has 0 saturated carbocycles. The number of carbonyl (C=O) groups excluding carboxylic acids is 1. The van der Waals surface area contributed by atoms with Gasteiger partial charge in [0.1, 0.15) is 0 Å². The number of nitrogens with two attached hydrogens (primary N) is 1. The number of benzene rings is 1. The van der Waals surface area contributed by atoms with E-state index in [9.17, 15) is 13.6 Å². The molecule has 0 atom stereocenters. The number of rotatable bonds is 6. The Kier molecular flexibility index (Phi) is 5.56. The van der Waals surface area contributed by atoms with Crippen LogP contribution in [0.3, 0.4) is 0 Å². The summed E-state index contributed by atoms with van der Waals surface area (Å²) in [6.45, 7) is 2.14. The lowest BCUT2D eigenvalue weighted by Crippen LogP contribution is -2.41. The zero-order valence-electron chi connectivity index (χ0n) is 13.4. The minimum atomic E-state index is -3.14. The molecule has 3 N–H and O–H groups in total. The first-order valence-electron chi connectivity index (χ1n) is 7.45. The van der Waals surface area contributed by atoms with E-state index in [0.29, 0.717) is 16.4 Å². The lowest BCUT2D eigenvalue weighted by molar-refractivity contribution is 0.0118. The van der Waals surface area contributed by atoms with E-state index in [0.717, 1.165) is 0 Å². The molecule has 0 aliphatic carbocycles. The minimum absolute atomic E-state index is 0.0535. The summed E-state index contributed by atoms with van der Waals surface area (Å²) in [5.41, 5.74) is 6.53. The lowest BCUT2D eigenvalue weighted by atomic mass is 10.0. The molecule has 0 spiro atoms. The van der Waals surface area contributed by atoms with Gasteiger partial charge in [0.15, 0.2) is 0 Å². The minimum Gasteiger partial charge on any atom is -0.346 e. The highest BCUT2D eigenvalue weighted by molar-refractivity contribution is 6.30. The van der Waals surface area contributed by atoms with Gasteiger partial charge in [0, 0.05) is 5.02 Å². The zero-order valence-corrected chi connectivity index (χ0v) is 14.1. The van der Waals surface area contributed by atoms with Crippen LogP contribution in [0, 0.1) is 0 Å². The average molecular weight is 357 g/mol. The van der Waals surface area contributed by atoms with Crippen molar-refractivity contribution in [1.29, 1.82) is 0 Å². The van der Waals surface area contributed by atoms with Crippen molar-refractivity contribution in [2.24, 2.45) is 5.73 Å². The van der Waals surface area contributed by atoms with E-state index in [4.69, 9.17) is 17.3 Å².